The van der Waals surface area contributed by atoms with Crippen LogP contribution in [0.4, 0.5) is 0 Å². The van der Waals surface area contributed by atoms with Gasteiger partial charge in [-0.3, -0.25) is 9.00 Å². The number of unbranched alkanes of at least 4 members (excludes halogenated alkanes) is 3. The smallest absolute Gasteiger partial charge is 0.234 e. The molecule has 0 aromatic heterocycles. The summed E-state index contributed by atoms with van der Waals surface area (Å²) in [6.07, 6.45) is 9.51. The van der Waals surface area contributed by atoms with Gasteiger partial charge in [-0.25, -0.2) is 0 Å². The predicted octanol–water partition coefficient (Wildman–Crippen LogP) is 6.56. The maximum atomic E-state index is 12.3. The van der Waals surface area contributed by atoms with Crippen LogP contribution in [0.1, 0.15) is 100 Å². The summed E-state index contributed by atoms with van der Waals surface area (Å²) in [4.78, 5) is 13.9. The lowest BCUT2D eigenvalue weighted by atomic mass is 9.51. The number of aliphatic hydroxyl groups excluding tert-OH is 1. The molecule has 2 saturated carbocycles. The Kier molecular flexibility index (Phi) is 10.5. The Bertz CT molecular complexity index is 1260. The molecule has 0 saturated heterocycles. The van der Waals surface area contributed by atoms with E-state index in [-0.39, 0.29) is 23.2 Å². The highest BCUT2D eigenvalue weighted by atomic mass is 32.2. The molecule has 43 heavy (non-hydrogen) atoms. The SMILES string of the molecule is CCCCN(C)C(=O)CS(=O)CCCCCOc1ccc([C@H]2C[C@@]3(C)C(CC[C@@H]3O)C3CCc4cc(O)ccc4C32)cc1. The van der Waals surface area contributed by atoms with Crippen molar-refractivity contribution in [3.05, 3.63) is 59.2 Å². The van der Waals surface area contributed by atoms with Crippen LogP contribution in [0.2, 0.25) is 0 Å². The molecule has 2 N–H and O–H groups in total. The number of rotatable bonds is 13. The van der Waals surface area contributed by atoms with Crippen molar-refractivity contribution in [2.75, 3.05) is 31.7 Å². The van der Waals surface area contributed by atoms with E-state index < -0.39 is 10.8 Å². The second-order valence-corrected chi connectivity index (χ2v) is 15.1. The molecule has 0 bridgehead atoms. The molecule has 0 heterocycles. The highest BCUT2D eigenvalue weighted by molar-refractivity contribution is 7.85. The van der Waals surface area contributed by atoms with E-state index in [2.05, 4.69) is 44.2 Å². The Morgan fingerprint density at radius 1 is 1.07 bits per heavy atom. The average Bonchev–Trinajstić information content (AvgIpc) is 3.30. The number of phenols is 1. The van der Waals surface area contributed by atoms with Crippen LogP contribution in [0.3, 0.4) is 0 Å². The van der Waals surface area contributed by atoms with Gasteiger partial charge in [0.1, 0.15) is 17.3 Å². The second-order valence-electron chi connectivity index (χ2n) is 13.6. The minimum absolute atomic E-state index is 0.0253. The zero-order chi connectivity index (χ0) is 30.6. The van der Waals surface area contributed by atoms with E-state index in [0.717, 1.165) is 76.5 Å². The standard InChI is InChI=1S/C36H51NO5S/c1-4-5-19-37(3)34(40)24-43(41)21-8-6-7-20-42-28-13-9-25(10-14-28)31-23-36(2)32(17-18-33(36)39)30-15-11-26-22-27(38)12-16-29(26)35(30)31/h9-10,12-14,16,22,30-33,35,38-39H,4-8,11,15,17-21,23-24H2,1-3H3/t30?,31-,32?,33+,35?,36+,43?/m1/s1. The van der Waals surface area contributed by atoms with Crippen LogP contribution in [0, 0.1) is 17.3 Å². The van der Waals surface area contributed by atoms with Crippen LogP contribution in [-0.4, -0.2) is 63.0 Å². The molecule has 3 aliphatic rings. The highest BCUT2D eigenvalue weighted by Crippen LogP contribution is 2.65. The number of phenolic OH excluding ortho intramolecular Hbond substituents is 1. The van der Waals surface area contributed by atoms with Gasteiger partial charge in [-0.05, 0) is 128 Å². The van der Waals surface area contributed by atoms with Crippen molar-refractivity contribution < 1.29 is 24.0 Å². The first-order valence-electron chi connectivity index (χ1n) is 16.5. The van der Waals surface area contributed by atoms with E-state index in [1.807, 2.05) is 12.1 Å². The highest BCUT2D eigenvalue weighted by Gasteiger charge is 2.57. The van der Waals surface area contributed by atoms with Crippen LogP contribution in [0.15, 0.2) is 42.5 Å². The maximum Gasteiger partial charge on any atom is 0.234 e. The summed E-state index contributed by atoms with van der Waals surface area (Å²) in [5.74, 6) is 3.67. The predicted molar refractivity (Wildman–Crippen MR) is 173 cm³/mol. The van der Waals surface area contributed by atoms with Crippen LogP contribution >= 0.6 is 0 Å². The molecule has 7 atom stereocenters. The van der Waals surface area contributed by atoms with E-state index in [1.165, 1.54) is 16.7 Å². The molecule has 2 aromatic rings. The van der Waals surface area contributed by atoms with Gasteiger partial charge in [-0.15, -0.1) is 0 Å². The zero-order valence-electron chi connectivity index (χ0n) is 26.3. The van der Waals surface area contributed by atoms with Gasteiger partial charge in [0.15, 0.2) is 0 Å². The molecular weight excluding hydrogens is 558 g/mol. The minimum Gasteiger partial charge on any atom is -0.508 e. The van der Waals surface area contributed by atoms with Crippen LogP contribution in [-0.2, 0) is 22.0 Å². The largest absolute Gasteiger partial charge is 0.508 e. The third-order valence-corrected chi connectivity index (χ3v) is 12.1. The van der Waals surface area contributed by atoms with E-state index in [4.69, 9.17) is 4.74 Å². The first-order chi connectivity index (χ1) is 20.7. The quantitative estimate of drug-likeness (QED) is 0.251. The molecule has 5 rings (SSSR count). The van der Waals surface area contributed by atoms with Gasteiger partial charge in [0.25, 0.3) is 0 Å². The van der Waals surface area contributed by atoms with E-state index >= 15 is 0 Å². The lowest BCUT2D eigenvalue weighted by Crippen LogP contribution is -2.47. The first-order valence-corrected chi connectivity index (χ1v) is 18.0. The number of aliphatic hydroxyl groups is 1. The molecule has 6 nitrogen and oxygen atoms in total. The number of aryl methyl sites for hydroxylation is 1. The normalized spacial score (nSPS) is 28.4. The third-order valence-electron chi connectivity index (χ3n) is 10.8. The van der Waals surface area contributed by atoms with Gasteiger partial charge in [0, 0.05) is 30.1 Å². The van der Waals surface area contributed by atoms with Crippen molar-refractivity contribution in [1.82, 2.24) is 4.90 Å². The van der Waals surface area contributed by atoms with Gasteiger partial charge in [0.2, 0.25) is 5.91 Å². The number of hydrogen-bond donors (Lipinski definition) is 2. The van der Waals surface area contributed by atoms with Gasteiger partial charge in [-0.2, -0.15) is 0 Å². The molecule has 0 aliphatic heterocycles. The Labute approximate surface area is 260 Å². The number of hydrogen-bond acceptors (Lipinski definition) is 5. The van der Waals surface area contributed by atoms with E-state index in [0.29, 0.717) is 41.8 Å². The van der Waals surface area contributed by atoms with Crippen LogP contribution in [0.5, 0.6) is 11.5 Å². The van der Waals surface area contributed by atoms with Crippen molar-refractivity contribution in [3.8, 4) is 11.5 Å². The third kappa shape index (κ3) is 7.14. The molecule has 0 radical (unpaired) electrons. The molecule has 0 spiro atoms. The van der Waals surface area contributed by atoms with Crippen molar-refractivity contribution in [2.24, 2.45) is 17.3 Å². The van der Waals surface area contributed by atoms with Gasteiger partial charge >= 0.3 is 0 Å². The lowest BCUT2D eigenvalue weighted by molar-refractivity contribution is -0.127. The number of nitrogens with zero attached hydrogens (tertiary/aromatic N) is 1. The fraction of sp³-hybridized carbons (Fsp3) is 0.639. The van der Waals surface area contributed by atoms with Crippen molar-refractivity contribution in [1.29, 1.82) is 0 Å². The van der Waals surface area contributed by atoms with Crippen molar-refractivity contribution in [2.45, 2.75) is 96.0 Å². The van der Waals surface area contributed by atoms with E-state index in [9.17, 15) is 19.2 Å². The monoisotopic (exact) mass is 609 g/mol. The average molecular weight is 610 g/mol. The molecule has 4 unspecified atom stereocenters. The molecule has 7 heteroatoms. The number of aromatic hydroxyl groups is 1. The first kappa shape index (κ1) is 32.0. The Balaban J connectivity index is 1.15. The number of carbonyl (C=O) groups excluding carboxylic acids is 1. The van der Waals surface area contributed by atoms with Gasteiger partial charge in [-0.1, -0.05) is 38.5 Å². The molecule has 2 aromatic carbocycles. The summed E-state index contributed by atoms with van der Waals surface area (Å²) in [6.45, 7) is 5.76. The van der Waals surface area contributed by atoms with E-state index in [1.54, 1.807) is 11.9 Å². The number of amides is 1. The number of carbonyl (C=O) groups is 1. The van der Waals surface area contributed by atoms with Gasteiger partial charge < -0.3 is 19.8 Å². The Morgan fingerprint density at radius 2 is 1.86 bits per heavy atom. The zero-order valence-corrected chi connectivity index (χ0v) is 27.1. The van der Waals surface area contributed by atoms with Crippen molar-refractivity contribution >= 4 is 16.7 Å². The molecule has 1 amide bonds. The maximum absolute atomic E-state index is 12.3. The molecule has 236 valence electrons. The fourth-order valence-electron chi connectivity index (χ4n) is 8.38. The Hall–Kier alpha value is -2.38. The number of ether oxygens (including phenoxy) is 1. The summed E-state index contributed by atoms with van der Waals surface area (Å²) in [5.41, 5.74) is 3.91. The lowest BCUT2D eigenvalue weighted by Gasteiger charge is -2.54. The second kappa shape index (κ2) is 14.2. The number of fused-ring (bicyclic) bond motifs is 5. The Morgan fingerprint density at radius 3 is 2.63 bits per heavy atom. The summed E-state index contributed by atoms with van der Waals surface area (Å²) >= 11 is 0. The fourth-order valence-corrected chi connectivity index (χ4v) is 9.54. The summed E-state index contributed by atoms with van der Waals surface area (Å²) in [6, 6.07) is 14.6. The van der Waals surface area contributed by atoms with Gasteiger partial charge in [0.05, 0.1) is 12.7 Å². The van der Waals surface area contributed by atoms with Crippen molar-refractivity contribution in [3.63, 3.8) is 0 Å². The van der Waals surface area contributed by atoms with Crippen LogP contribution < -0.4 is 4.74 Å². The topological polar surface area (TPSA) is 87.1 Å². The summed E-state index contributed by atoms with van der Waals surface area (Å²) in [7, 11) is 0.685. The molecule has 3 aliphatic carbocycles. The molecular formula is C36H51NO5S. The summed E-state index contributed by atoms with van der Waals surface area (Å²) < 4.78 is 18.4. The minimum atomic E-state index is -1.11. The van der Waals surface area contributed by atoms with Crippen LogP contribution in [0.25, 0.3) is 0 Å². The number of benzene rings is 2. The summed E-state index contributed by atoms with van der Waals surface area (Å²) in [5, 5.41) is 21.3. The molecule has 2 fully saturated rings.